The van der Waals surface area contributed by atoms with E-state index in [1.807, 2.05) is 13.8 Å². The molecule has 2 heterocycles. The first-order chi connectivity index (χ1) is 13.0. The van der Waals surface area contributed by atoms with Crippen molar-refractivity contribution in [3.05, 3.63) is 56.0 Å². The van der Waals surface area contributed by atoms with Gasteiger partial charge in [0.25, 0.3) is 11.2 Å². The molecule has 144 valence electrons. The van der Waals surface area contributed by atoms with Crippen molar-refractivity contribution in [3.8, 4) is 5.69 Å². The second-order valence-electron chi connectivity index (χ2n) is 6.69. The molecule has 1 atom stereocenters. The third-order valence-corrected chi connectivity index (χ3v) is 4.70. The van der Waals surface area contributed by atoms with Crippen molar-refractivity contribution in [2.45, 2.75) is 45.6 Å². The van der Waals surface area contributed by atoms with Gasteiger partial charge in [0.2, 0.25) is 0 Å². The molecule has 0 radical (unpaired) electrons. The Morgan fingerprint density at radius 1 is 1.41 bits per heavy atom. The van der Waals surface area contributed by atoms with E-state index in [1.54, 1.807) is 12.1 Å². The van der Waals surface area contributed by atoms with Gasteiger partial charge < -0.3 is 4.74 Å². The molecule has 8 heteroatoms. The van der Waals surface area contributed by atoms with E-state index >= 15 is 0 Å². The van der Waals surface area contributed by atoms with E-state index in [2.05, 4.69) is 10.1 Å². The van der Waals surface area contributed by atoms with Gasteiger partial charge in [0.05, 0.1) is 28.8 Å². The van der Waals surface area contributed by atoms with Crippen LogP contribution in [-0.4, -0.2) is 39.7 Å². The van der Waals surface area contributed by atoms with Crippen LogP contribution in [0, 0.1) is 10.1 Å². The molecule has 0 unspecified atom stereocenters. The fourth-order valence-electron chi connectivity index (χ4n) is 3.30. The molecule has 0 saturated carbocycles. The molecular weight excluding hydrogens is 348 g/mol. The first-order valence-corrected chi connectivity index (χ1v) is 9.23. The number of aliphatic imine (C=N–C) groups is 1. The van der Waals surface area contributed by atoms with E-state index in [-0.39, 0.29) is 17.4 Å². The van der Waals surface area contributed by atoms with E-state index in [0.29, 0.717) is 23.5 Å². The fourth-order valence-corrected chi connectivity index (χ4v) is 3.30. The summed E-state index contributed by atoms with van der Waals surface area (Å²) in [6, 6.07) is 5.91. The predicted octanol–water partition coefficient (Wildman–Crippen LogP) is 3.01. The molecule has 8 nitrogen and oxygen atoms in total. The number of aromatic nitrogens is 2. The molecule has 1 aromatic carbocycles. The Kier molecular flexibility index (Phi) is 5.85. The molecule has 3 rings (SSSR count). The second-order valence-corrected chi connectivity index (χ2v) is 6.69. The van der Waals surface area contributed by atoms with Crippen molar-refractivity contribution >= 4 is 11.4 Å². The molecule has 1 aliphatic rings. The summed E-state index contributed by atoms with van der Waals surface area (Å²) in [6.45, 7) is 5.22. The third kappa shape index (κ3) is 4.16. The quantitative estimate of drug-likeness (QED) is 0.458. The van der Waals surface area contributed by atoms with Crippen molar-refractivity contribution < 1.29 is 9.66 Å². The van der Waals surface area contributed by atoms with E-state index in [9.17, 15) is 14.9 Å². The van der Waals surface area contributed by atoms with Gasteiger partial charge >= 0.3 is 0 Å². The van der Waals surface area contributed by atoms with Gasteiger partial charge in [-0.1, -0.05) is 13.3 Å². The van der Waals surface area contributed by atoms with Crippen LogP contribution in [0.5, 0.6) is 0 Å². The van der Waals surface area contributed by atoms with Gasteiger partial charge in [-0.15, -0.1) is 0 Å². The number of hydrogen-bond donors (Lipinski definition) is 1. The fraction of sp³-hybridized carbons (Fsp3) is 0.474. The lowest BCUT2D eigenvalue weighted by Crippen LogP contribution is -2.20. The molecule has 1 aliphatic heterocycles. The van der Waals surface area contributed by atoms with Crippen LogP contribution < -0.4 is 5.56 Å². The lowest BCUT2D eigenvalue weighted by atomic mass is 10.1. The first-order valence-electron chi connectivity index (χ1n) is 9.23. The normalized spacial score (nSPS) is 17.4. The van der Waals surface area contributed by atoms with E-state index < -0.39 is 4.92 Å². The molecule has 0 amide bonds. The Balaban J connectivity index is 1.94. The number of aromatic amines is 1. The van der Waals surface area contributed by atoms with Crippen LogP contribution in [-0.2, 0) is 11.2 Å². The molecule has 1 saturated heterocycles. The zero-order valence-corrected chi connectivity index (χ0v) is 15.6. The van der Waals surface area contributed by atoms with Crippen LogP contribution in [0.2, 0.25) is 0 Å². The summed E-state index contributed by atoms with van der Waals surface area (Å²) in [5.41, 5.74) is 2.45. The summed E-state index contributed by atoms with van der Waals surface area (Å²) in [6.07, 6.45) is 3.78. The molecule has 27 heavy (non-hydrogen) atoms. The van der Waals surface area contributed by atoms with Crippen LogP contribution in [0.15, 0.2) is 34.1 Å². The van der Waals surface area contributed by atoms with Gasteiger partial charge in [0.15, 0.2) is 0 Å². The Labute approximate surface area is 157 Å². The van der Waals surface area contributed by atoms with Crippen molar-refractivity contribution in [3.63, 3.8) is 0 Å². The number of nitrogens with one attached hydrogen (secondary N) is 1. The highest BCUT2D eigenvalue weighted by molar-refractivity contribution is 5.99. The highest BCUT2D eigenvalue weighted by Gasteiger charge is 2.19. The van der Waals surface area contributed by atoms with Gasteiger partial charge in [-0.25, -0.2) is 4.68 Å². The monoisotopic (exact) mass is 372 g/mol. The second kappa shape index (κ2) is 8.30. The highest BCUT2D eigenvalue weighted by atomic mass is 16.6. The van der Waals surface area contributed by atoms with Crippen LogP contribution in [0.3, 0.4) is 0 Å². The van der Waals surface area contributed by atoms with Crippen LogP contribution >= 0.6 is 0 Å². The number of nitro benzene ring substituents is 1. The molecular formula is C19H24N4O4. The summed E-state index contributed by atoms with van der Waals surface area (Å²) in [4.78, 5) is 28.0. The predicted molar refractivity (Wildman–Crippen MR) is 103 cm³/mol. The Morgan fingerprint density at radius 2 is 2.15 bits per heavy atom. The standard InChI is InChI=1S/C19H24N4O4/c1-3-5-17-18(13(2)20-12-16-6-4-11-27-16)19(24)22(21-17)14-7-9-15(10-8-14)23(25)26/h7-10,16,21H,3-6,11-12H2,1-2H3/t16-/m1/s1. The molecule has 0 aliphatic carbocycles. The molecule has 1 N–H and O–H groups in total. The summed E-state index contributed by atoms with van der Waals surface area (Å²) in [5, 5.41) is 14.0. The van der Waals surface area contributed by atoms with Crippen molar-refractivity contribution in [1.29, 1.82) is 0 Å². The summed E-state index contributed by atoms with van der Waals surface area (Å²) in [7, 11) is 0. The Morgan fingerprint density at radius 3 is 2.74 bits per heavy atom. The largest absolute Gasteiger partial charge is 0.376 e. The maximum atomic E-state index is 13.0. The molecule has 0 bridgehead atoms. The van der Waals surface area contributed by atoms with Gasteiger partial charge in [0, 0.05) is 30.1 Å². The van der Waals surface area contributed by atoms with E-state index in [4.69, 9.17) is 4.74 Å². The molecule has 1 aromatic heterocycles. The lowest BCUT2D eigenvalue weighted by Gasteiger charge is -2.06. The molecule has 1 fully saturated rings. The van der Waals surface area contributed by atoms with Crippen molar-refractivity contribution in [1.82, 2.24) is 9.78 Å². The third-order valence-electron chi connectivity index (χ3n) is 4.70. The minimum Gasteiger partial charge on any atom is -0.376 e. The van der Waals surface area contributed by atoms with E-state index in [0.717, 1.165) is 38.0 Å². The molecule has 0 spiro atoms. The van der Waals surface area contributed by atoms with Gasteiger partial charge in [-0.05, 0) is 38.3 Å². The average Bonchev–Trinajstić information content (AvgIpc) is 3.28. The van der Waals surface area contributed by atoms with Crippen LogP contribution in [0.1, 0.15) is 44.4 Å². The van der Waals surface area contributed by atoms with Gasteiger partial charge in [0.1, 0.15) is 0 Å². The number of hydrogen-bond acceptors (Lipinski definition) is 5. The SMILES string of the molecule is CCCc1[nH]n(-c2ccc([N+](=O)[O-])cc2)c(=O)c1C(C)=NC[C@H]1CCCO1. The number of non-ortho nitro benzene ring substituents is 1. The van der Waals surface area contributed by atoms with E-state index in [1.165, 1.54) is 16.8 Å². The maximum absolute atomic E-state index is 13.0. The van der Waals surface area contributed by atoms with Gasteiger partial charge in [-0.3, -0.25) is 25.0 Å². The maximum Gasteiger partial charge on any atom is 0.280 e. The zero-order chi connectivity index (χ0) is 19.4. The lowest BCUT2D eigenvalue weighted by molar-refractivity contribution is -0.384. The number of H-pyrrole nitrogens is 1. The number of ether oxygens (including phenoxy) is 1. The topological polar surface area (TPSA) is 103 Å². The van der Waals surface area contributed by atoms with Crippen LogP contribution in [0.25, 0.3) is 5.69 Å². The Bertz CT molecular complexity index is 889. The van der Waals surface area contributed by atoms with Gasteiger partial charge in [-0.2, -0.15) is 0 Å². The van der Waals surface area contributed by atoms with Crippen LogP contribution in [0.4, 0.5) is 5.69 Å². The van der Waals surface area contributed by atoms with Crippen molar-refractivity contribution in [2.75, 3.05) is 13.2 Å². The van der Waals surface area contributed by atoms with Crippen molar-refractivity contribution in [2.24, 2.45) is 4.99 Å². The summed E-state index contributed by atoms with van der Waals surface area (Å²) < 4.78 is 7.02. The number of aryl methyl sites for hydroxylation is 1. The minimum atomic E-state index is -0.461. The highest BCUT2D eigenvalue weighted by Crippen LogP contribution is 2.16. The smallest absolute Gasteiger partial charge is 0.280 e. The average molecular weight is 372 g/mol. The summed E-state index contributed by atoms with van der Waals surface area (Å²) in [5.74, 6) is 0. The minimum absolute atomic E-state index is 0.0123. The summed E-state index contributed by atoms with van der Waals surface area (Å²) >= 11 is 0. The zero-order valence-electron chi connectivity index (χ0n) is 15.6. The number of rotatable bonds is 7. The number of nitro groups is 1. The first kappa shape index (κ1) is 19.0. The number of nitrogens with zero attached hydrogens (tertiary/aromatic N) is 3. The molecule has 2 aromatic rings. The number of benzene rings is 1. The Hall–Kier alpha value is -2.74.